The Morgan fingerprint density at radius 1 is 1.36 bits per heavy atom. The van der Waals surface area contributed by atoms with Crippen LogP contribution in [0.3, 0.4) is 0 Å². The van der Waals surface area contributed by atoms with Crippen LogP contribution in [0.2, 0.25) is 5.02 Å². The molecule has 0 atom stereocenters. The van der Waals surface area contributed by atoms with Gasteiger partial charge < -0.3 is 4.90 Å². The van der Waals surface area contributed by atoms with Gasteiger partial charge in [0.25, 0.3) is 4.92 Å². The van der Waals surface area contributed by atoms with Crippen LogP contribution in [0.5, 0.6) is 0 Å². The summed E-state index contributed by atoms with van der Waals surface area (Å²) in [5.41, 5.74) is 0.132. The second-order valence-corrected chi connectivity index (χ2v) is 3.53. The molecule has 0 aliphatic carbocycles. The van der Waals surface area contributed by atoms with E-state index < -0.39 is 0 Å². The van der Waals surface area contributed by atoms with Gasteiger partial charge in [-0.05, 0) is 27.2 Å². The van der Waals surface area contributed by atoms with Gasteiger partial charge in [0.1, 0.15) is 0 Å². The van der Waals surface area contributed by atoms with Gasteiger partial charge in [0.15, 0.2) is 0 Å². The summed E-state index contributed by atoms with van der Waals surface area (Å²) in [6, 6.07) is 6.03. The maximum absolute atomic E-state index is 10.2. The Balaban J connectivity index is 0.000000364. The molecule has 78 valence electrons. The Morgan fingerprint density at radius 2 is 1.86 bits per heavy atom. The first-order valence-electron chi connectivity index (χ1n) is 3.96. The highest BCUT2D eigenvalue weighted by atomic mass is 35.5. The van der Waals surface area contributed by atoms with E-state index in [1.165, 1.54) is 12.1 Å². The van der Waals surface area contributed by atoms with Crippen molar-refractivity contribution in [2.24, 2.45) is 0 Å². The summed E-state index contributed by atoms with van der Waals surface area (Å²) in [6.45, 7) is 0. The van der Waals surface area contributed by atoms with Crippen molar-refractivity contribution in [3.8, 4) is 0 Å². The molecule has 0 aliphatic heterocycles. The van der Waals surface area contributed by atoms with Crippen LogP contribution in [0.4, 0.5) is 5.69 Å². The molecule has 0 amide bonds. The summed E-state index contributed by atoms with van der Waals surface area (Å²) < 4.78 is 0. The molecular formula is C9H14ClN2O2+. The van der Waals surface area contributed by atoms with Crippen LogP contribution in [0.1, 0.15) is 0 Å². The molecule has 0 bridgehead atoms. The zero-order chi connectivity index (χ0) is 11.1. The minimum absolute atomic E-state index is 0.132. The predicted molar refractivity (Wildman–Crippen MR) is 56.1 cm³/mol. The highest BCUT2D eigenvalue weighted by Crippen LogP contribution is 2.15. The molecule has 5 heteroatoms. The average molecular weight is 218 g/mol. The van der Waals surface area contributed by atoms with Crippen molar-refractivity contribution in [3.05, 3.63) is 34.2 Å². The van der Waals surface area contributed by atoms with E-state index in [-0.39, 0.29) is 10.6 Å². The van der Waals surface area contributed by atoms with Crippen LogP contribution in [0, 0.1) is 4.91 Å². The molecular weight excluding hydrogens is 204 g/mol. The zero-order valence-electron chi connectivity index (χ0n) is 8.44. The van der Waals surface area contributed by atoms with Crippen LogP contribution in [0.15, 0.2) is 24.3 Å². The number of nitrogens with zero attached hydrogens (tertiary/aromatic N) is 2. The standard InChI is InChI=1S/C6H5ClNO2.C3H9N/c7-5-2-1-3-6(4-5)8(9)10;1-4(2)3/h1-4H,(H,9,10);1-3H3/q+1;. The van der Waals surface area contributed by atoms with E-state index in [0.717, 1.165) is 0 Å². The third-order valence-electron chi connectivity index (χ3n) is 1.03. The molecule has 1 N–H and O–H groups in total. The summed E-state index contributed by atoms with van der Waals surface area (Å²) in [4.78, 5) is 12.0. The number of hydrogen-bond acceptors (Lipinski definition) is 2. The van der Waals surface area contributed by atoms with Crippen molar-refractivity contribution < 1.29 is 10.1 Å². The first-order valence-corrected chi connectivity index (χ1v) is 4.34. The summed E-state index contributed by atoms with van der Waals surface area (Å²) in [6.07, 6.45) is 0. The smallest absolute Gasteiger partial charge is 0.312 e. The second kappa shape index (κ2) is 6.34. The Kier molecular flexibility index (Phi) is 5.83. The van der Waals surface area contributed by atoms with Crippen LogP contribution in [-0.2, 0) is 0 Å². The SMILES string of the molecule is CN(C)C.O=[N+](O)c1cccc(Cl)c1. The van der Waals surface area contributed by atoms with Gasteiger partial charge in [-0.25, -0.2) is 5.21 Å². The molecule has 0 radical (unpaired) electrons. The Hall–Kier alpha value is -1.13. The van der Waals surface area contributed by atoms with Crippen molar-refractivity contribution in [2.75, 3.05) is 21.1 Å². The van der Waals surface area contributed by atoms with Gasteiger partial charge in [0.05, 0.1) is 4.91 Å². The first kappa shape index (κ1) is 12.9. The van der Waals surface area contributed by atoms with Crippen molar-refractivity contribution in [3.63, 3.8) is 0 Å². The van der Waals surface area contributed by atoms with E-state index >= 15 is 0 Å². The first-order chi connectivity index (χ1) is 6.43. The maximum Gasteiger partial charge on any atom is 0.318 e. The minimum Gasteiger partial charge on any atom is -0.312 e. The van der Waals surface area contributed by atoms with E-state index in [4.69, 9.17) is 16.8 Å². The van der Waals surface area contributed by atoms with Crippen molar-refractivity contribution in [1.82, 2.24) is 4.90 Å². The number of hydrogen-bond donors (Lipinski definition) is 1. The van der Waals surface area contributed by atoms with Crippen LogP contribution in [0.25, 0.3) is 0 Å². The molecule has 0 heterocycles. The molecule has 0 aromatic heterocycles. The van der Waals surface area contributed by atoms with Gasteiger partial charge in [-0.1, -0.05) is 17.7 Å². The molecule has 0 saturated carbocycles. The number of rotatable bonds is 1. The molecule has 0 spiro atoms. The molecule has 1 aromatic carbocycles. The van der Waals surface area contributed by atoms with Crippen LogP contribution >= 0.6 is 11.6 Å². The third kappa shape index (κ3) is 6.39. The fraction of sp³-hybridized carbons (Fsp3) is 0.333. The maximum atomic E-state index is 10.2. The van der Waals surface area contributed by atoms with Crippen molar-refractivity contribution in [1.29, 1.82) is 0 Å². The Bertz CT molecular complexity index is 300. The summed E-state index contributed by atoms with van der Waals surface area (Å²) >= 11 is 5.51. The fourth-order valence-corrected chi connectivity index (χ4v) is 0.780. The lowest BCUT2D eigenvalue weighted by molar-refractivity contribution is -0.729. The van der Waals surface area contributed by atoms with E-state index in [9.17, 15) is 4.91 Å². The minimum atomic E-state index is -0.230. The van der Waals surface area contributed by atoms with Crippen LogP contribution in [-0.4, -0.2) is 36.2 Å². The van der Waals surface area contributed by atoms with Crippen LogP contribution < -0.4 is 0 Å². The third-order valence-corrected chi connectivity index (χ3v) is 1.26. The number of halogens is 1. The fourth-order valence-electron chi connectivity index (χ4n) is 0.595. The lowest BCUT2D eigenvalue weighted by atomic mass is 10.3. The lowest BCUT2D eigenvalue weighted by Gasteiger charge is -1.90. The highest BCUT2D eigenvalue weighted by Gasteiger charge is 2.09. The van der Waals surface area contributed by atoms with E-state index in [1.54, 1.807) is 12.1 Å². The van der Waals surface area contributed by atoms with Crippen molar-refractivity contribution >= 4 is 17.3 Å². The summed E-state index contributed by atoms with van der Waals surface area (Å²) in [5.74, 6) is 0. The quantitative estimate of drug-likeness (QED) is 0.735. The molecule has 0 aliphatic rings. The predicted octanol–water partition coefficient (Wildman–Crippen LogP) is 2.32. The van der Waals surface area contributed by atoms with E-state index in [2.05, 4.69) is 0 Å². The zero-order valence-corrected chi connectivity index (χ0v) is 9.19. The molecule has 0 saturated heterocycles. The normalized spacial score (nSPS) is 9.21. The Labute approximate surface area is 88.2 Å². The topological polar surface area (TPSA) is 43.5 Å². The van der Waals surface area contributed by atoms with Gasteiger partial charge in [-0.2, -0.15) is 0 Å². The molecule has 1 rings (SSSR count). The van der Waals surface area contributed by atoms with E-state index in [0.29, 0.717) is 5.02 Å². The van der Waals surface area contributed by atoms with Crippen molar-refractivity contribution in [2.45, 2.75) is 0 Å². The van der Waals surface area contributed by atoms with Gasteiger partial charge in [-0.15, -0.1) is 0 Å². The lowest BCUT2D eigenvalue weighted by Crippen LogP contribution is -1.99. The highest BCUT2D eigenvalue weighted by molar-refractivity contribution is 6.30. The number of benzene rings is 1. The summed E-state index contributed by atoms with van der Waals surface area (Å²) in [5, 5.41) is 8.79. The largest absolute Gasteiger partial charge is 0.318 e. The molecule has 1 aromatic rings. The van der Waals surface area contributed by atoms with Gasteiger partial charge in [0, 0.05) is 17.2 Å². The summed E-state index contributed by atoms with van der Waals surface area (Å²) in [7, 11) is 6.00. The van der Waals surface area contributed by atoms with Gasteiger partial charge in [0.2, 0.25) is 0 Å². The average Bonchev–Trinajstić information content (AvgIpc) is 2.03. The molecule has 0 unspecified atom stereocenters. The molecule has 14 heavy (non-hydrogen) atoms. The Morgan fingerprint density at radius 3 is 2.14 bits per heavy atom. The second-order valence-electron chi connectivity index (χ2n) is 3.09. The van der Waals surface area contributed by atoms with Gasteiger partial charge in [-0.3, -0.25) is 0 Å². The monoisotopic (exact) mass is 217 g/mol. The van der Waals surface area contributed by atoms with Gasteiger partial charge >= 0.3 is 5.69 Å². The molecule has 4 nitrogen and oxygen atoms in total. The van der Waals surface area contributed by atoms with E-state index in [1.807, 2.05) is 26.0 Å². The molecule has 0 fully saturated rings.